The number of halogens is 1. The predicted molar refractivity (Wildman–Crippen MR) is 170 cm³/mol. The van der Waals surface area contributed by atoms with Gasteiger partial charge >= 0.3 is 5.97 Å². The zero-order valence-corrected chi connectivity index (χ0v) is 27.6. The van der Waals surface area contributed by atoms with E-state index in [2.05, 4.69) is 28.8 Å². The predicted octanol–water partition coefficient (Wildman–Crippen LogP) is 10.9. The van der Waals surface area contributed by atoms with E-state index in [9.17, 15) is 4.79 Å². The molecule has 0 aliphatic heterocycles. The Labute approximate surface area is 253 Å². The van der Waals surface area contributed by atoms with E-state index in [1.54, 1.807) is 23.5 Å². The quantitative estimate of drug-likeness (QED) is 0.0564. The third-order valence-corrected chi connectivity index (χ3v) is 9.04. The number of thioether (sulfide) groups is 2. The Balaban J connectivity index is 2.34. The smallest absolute Gasteiger partial charge is 0.306 e. The molecule has 0 saturated carbocycles. The molecule has 1 rings (SSSR count). The van der Waals surface area contributed by atoms with Gasteiger partial charge in [-0.2, -0.15) is 15.0 Å². The Hall–Kier alpha value is -0.530. The Morgan fingerprint density at radius 2 is 1.21 bits per heavy atom. The van der Waals surface area contributed by atoms with Gasteiger partial charge in [-0.3, -0.25) is 4.79 Å². The summed E-state index contributed by atoms with van der Waals surface area (Å²) in [4.78, 5) is 25.7. The Morgan fingerprint density at radius 3 is 1.77 bits per heavy atom. The van der Waals surface area contributed by atoms with Gasteiger partial charge in [0.25, 0.3) is 0 Å². The third kappa shape index (κ3) is 21.8. The number of carbonyl (C=O) groups is 1. The first kappa shape index (κ1) is 36.5. The van der Waals surface area contributed by atoms with Crippen LogP contribution in [0.15, 0.2) is 10.3 Å². The van der Waals surface area contributed by atoms with Crippen LogP contribution >= 0.6 is 35.1 Å². The molecule has 1 atom stereocenters. The lowest BCUT2D eigenvalue weighted by Gasteiger charge is -2.15. The van der Waals surface area contributed by atoms with Crippen molar-refractivity contribution in [2.24, 2.45) is 0 Å². The molecule has 226 valence electrons. The number of nitrogens with zero attached hydrogens (tertiary/aromatic N) is 3. The first-order valence-electron chi connectivity index (χ1n) is 16.0. The van der Waals surface area contributed by atoms with E-state index >= 15 is 0 Å². The molecule has 5 nitrogen and oxygen atoms in total. The van der Waals surface area contributed by atoms with Crippen molar-refractivity contribution >= 4 is 41.1 Å². The number of ether oxygens (including phenoxy) is 1. The number of carbonyl (C=O) groups excluding carboxylic acids is 1. The monoisotopic (exact) mass is 601 g/mol. The summed E-state index contributed by atoms with van der Waals surface area (Å²) in [6.45, 7) is 6.99. The van der Waals surface area contributed by atoms with Gasteiger partial charge in [-0.05, 0) is 30.9 Å². The molecule has 0 spiro atoms. The van der Waals surface area contributed by atoms with Crippen molar-refractivity contribution in [3.8, 4) is 0 Å². The fourth-order valence-electron chi connectivity index (χ4n) is 4.50. The molecule has 1 heterocycles. The lowest BCUT2D eigenvalue weighted by Crippen LogP contribution is -2.15. The van der Waals surface area contributed by atoms with Crippen LogP contribution in [-0.2, 0) is 9.53 Å². The zero-order valence-electron chi connectivity index (χ0n) is 25.2. The highest BCUT2D eigenvalue weighted by Crippen LogP contribution is 2.29. The highest BCUT2D eigenvalue weighted by molar-refractivity contribution is 8.00. The normalized spacial score (nSPS) is 12.1. The van der Waals surface area contributed by atoms with Gasteiger partial charge < -0.3 is 4.74 Å². The van der Waals surface area contributed by atoms with Crippen molar-refractivity contribution in [2.45, 2.75) is 171 Å². The van der Waals surface area contributed by atoms with Crippen molar-refractivity contribution in [3.05, 3.63) is 5.28 Å². The minimum atomic E-state index is -0.139. The summed E-state index contributed by atoms with van der Waals surface area (Å²) in [5, 5.41) is 1.63. The van der Waals surface area contributed by atoms with Crippen LogP contribution in [-0.4, -0.2) is 38.5 Å². The molecule has 0 amide bonds. The Morgan fingerprint density at radius 1 is 0.692 bits per heavy atom. The fourth-order valence-corrected chi connectivity index (χ4v) is 6.73. The van der Waals surface area contributed by atoms with E-state index < -0.39 is 0 Å². The lowest BCUT2D eigenvalue weighted by molar-refractivity contribution is -0.143. The maximum atomic E-state index is 12.3. The van der Waals surface area contributed by atoms with Crippen LogP contribution in [0.2, 0.25) is 5.28 Å². The number of unbranched alkanes of at least 4 members (excludes halogenated alkanes) is 16. The van der Waals surface area contributed by atoms with Crippen LogP contribution < -0.4 is 0 Å². The van der Waals surface area contributed by atoms with Gasteiger partial charge in [0.1, 0.15) is 0 Å². The molecule has 1 unspecified atom stereocenters. The van der Waals surface area contributed by atoms with Crippen molar-refractivity contribution < 1.29 is 9.53 Å². The van der Waals surface area contributed by atoms with Gasteiger partial charge in [0.15, 0.2) is 10.3 Å². The summed E-state index contributed by atoms with van der Waals surface area (Å²) < 4.78 is 5.35. The standard InChI is InChI=1S/C31H56ClN3O2S2/c1-4-7-9-11-12-13-14-15-16-17-18-20-22-25-38-30-33-29(32)34-31(35-30)39-27(23-21-19-10-8-5-2)26-28(36)37-24-6-3/h27H,4-26H2,1-3H3. The summed E-state index contributed by atoms with van der Waals surface area (Å²) in [5.74, 6) is 0.854. The Kier molecular flexibility index (Phi) is 24.7. The molecule has 0 aliphatic rings. The number of hydrogen-bond acceptors (Lipinski definition) is 7. The summed E-state index contributed by atoms with van der Waals surface area (Å²) in [6, 6.07) is 0. The Bertz CT molecular complexity index is 727. The number of rotatable bonds is 27. The van der Waals surface area contributed by atoms with E-state index in [1.165, 1.54) is 103 Å². The molecule has 0 radical (unpaired) electrons. The van der Waals surface area contributed by atoms with Crippen LogP contribution in [0.25, 0.3) is 0 Å². The minimum Gasteiger partial charge on any atom is -0.466 e. The van der Waals surface area contributed by atoms with Crippen molar-refractivity contribution in [1.29, 1.82) is 0 Å². The van der Waals surface area contributed by atoms with E-state index in [0.717, 1.165) is 31.4 Å². The number of aromatic nitrogens is 3. The fraction of sp³-hybridized carbons (Fsp3) is 0.871. The maximum absolute atomic E-state index is 12.3. The van der Waals surface area contributed by atoms with E-state index in [-0.39, 0.29) is 16.5 Å². The lowest BCUT2D eigenvalue weighted by atomic mass is 10.1. The molecule has 1 aromatic heterocycles. The molecule has 8 heteroatoms. The summed E-state index contributed by atoms with van der Waals surface area (Å²) >= 11 is 9.46. The summed E-state index contributed by atoms with van der Waals surface area (Å²) in [6.07, 6.45) is 25.8. The minimum absolute atomic E-state index is 0.0911. The van der Waals surface area contributed by atoms with Crippen LogP contribution in [0.5, 0.6) is 0 Å². The van der Waals surface area contributed by atoms with Crippen LogP contribution in [0.3, 0.4) is 0 Å². The average Bonchev–Trinajstić information content (AvgIpc) is 2.91. The van der Waals surface area contributed by atoms with Crippen LogP contribution in [0, 0.1) is 0 Å². The molecule has 0 saturated heterocycles. The highest BCUT2D eigenvalue weighted by atomic mass is 35.5. The van der Waals surface area contributed by atoms with Crippen molar-refractivity contribution in [1.82, 2.24) is 15.0 Å². The largest absolute Gasteiger partial charge is 0.466 e. The van der Waals surface area contributed by atoms with Crippen molar-refractivity contribution in [2.75, 3.05) is 12.4 Å². The average molecular weight is 602 g/mol. The van der Waals surface area contributed by atoms with Crippen molar-refractivity contribution in [3.63, 3.8) is 0 Å². The second-order valence-corrected chi connectivity index (χ2v) is 13.3. The maximum Gasteiger partial charge on any atom is 0.306 e. The number of hydrogen-bond donors (Lipinski definition) is 0. The van der Waals surface area contributed by atoms with Gasteiger partial charge in [-0.1, -0.05) is 153 Å². The van der Waals surface area contributed by atoms with Gasteiger partial charge in [-0.25, -0.2) is 0 Å². The molecule has 0 aromatic carbocycles. The molecule has 0 fully saturated rings. The first-order chi connectivity index (χ1) is 19.1. The van der Waals surface area contributed by atoms with E-state index in [1.807, 2.05) is 6.92 Å². The van der Waals surface area contributed by atoms with E-state index in [4.69, 9.17) is 16.3 Å². The van der Waals surface area contributed by atoms with Crippen LogP contribution in [0.4, 0.5) is 0 Å². The first-order valence-corrected chi connectivity index (χ1v) is 18.2. The molecule has 0 N–H and O–H groups in total. The molecular formula is C31H56ClN3O2S2. The third-order valence-electron chi connectivity index (χ3n) is 6.81. The molecule has 0 aliphatic carbocycles. The SMILES string of the molecule is CCCCCCCCCCCCCCCSc1nc(Cl)nc(SC(CCCCCCC)CC(=O)OCCC)n1. The molecule has 39 heavy (non-hydrogen) atoms. The van der Waals surface area contributed by atoms with Gasteiger partial charge in [0.05, 0.1) is 13.0 Å². The van der Waals surface area contributed by atoms with Gasteiger partial charge in [0, 0.05) is 11.0 Å². The topological polar surface area (TPSA) is 65.0 Å². The van der Waals surface area contributed by atoms with Crippen LogP contribution in [0.1, 0.15) is 156 Å². The second kappa shape index (κ2) is 26.4. The van der Waals surface area contributed by atoms with Gasteiger partial charge in [0.2, 0.25) is 5.28 Å². The highest BCUT2D eigenvalue weighted by Gasteiger charge is 2.19. The zero-order chi connectivity index (χ0) is 28.4. The molecule has 0 bridgehead atoms. The number of esters is 1. The van der Waals surface area contributed by atoms with Gasteiger partial charge in [-0.15, -0.1) is 0 Å². The van der Waals surface area contributed by atoms with E-state index in [0.29, 0.717) is 23.3 Å². The summed E-state index contributed by atoms with van der Waals surface area (Å²) in [5.41, 5.74) is 0. The second-order valence-electron chi connectivity index (χ2n) is 10.6. The molecular weight excluding hydrogens is 546 g/mol. The molecule has 1 aromatic rings. The summed E-state index contributed by atoms with van der Waals surface area (Å²) in [7, 11) is 0.